The third-order valence-corrected chi connectivity index (χ3v) is 4.42. The topological polar surface area (TPSA) is 45.3 Å². The lowest BCUT2D eigenvalue weighted by atomic mass is 10.1. The van der Waals surface area contributed by atoms with Gasteiger partial charge in [0.15, 0.2) is 0 Å². The number of nitrogens with zero attached hydrogens (tertiary/aromatic N) is 1. The van der Waals surface area contributed by atoms with Crippen molar-refractivity contribution < 1.29 is 9.53 Å². The second-order valence-electron chi connectivity index (χ2n) is 5.92. The minimum absolute atomic E-state index is 0.218. The van der Waals surface area contributed by atoms with Crippen molar-refractivity contribution in [3.8, 4) is 0 Å². The lowest BCUT2D eigenvalue weighted by Crippen LogP contribution is -2.43. The maximum absolute atomic E-state index is 12.4. The molecule has 1 aromatic heterocycles. The minimum Gasteiger partial charge on any atom is -0.377 e. The molecule has 1 amide bonds. The Hall–Kier alpha value is -1.81. The van der Waals surface area contributed by atoms with Crippen LogP contribution in [0.3, 0.4) is 0 Å². The van der Waals surface area contributed by atoms with Gasteiger partial charge in [0.05, 0.1) is 6.10 Å². The predicted molar refractivity (Wildman–Crippen MR) is 87.8 cm³/mol. The lowest BCUT2D eigenvalue weighted by Gasteiger charge is -2.32. The fraction of sp³-hybridized carbons (Fsp3) is 0.500. The molecule has 2 heterocycles. The third-order valence-electron chi connectivity index (χ3n) is 4.42. The summed E-state index contributed by atoms with van der Waals surface area (Å²) in [5.74, 6) is 0.245. The molecular formula is C18H24N2O2. The fourth-order valence-electron chi connectivity index (χ4n) is 3.27. The van der Waals surface area contributed by atoms with E-state index in [2.05, 4.69) is 17.1 Å². The normalized spacial score (nSPS) is 18.8. The Morgan fingerprint density at radius 1 is 1.41 bits per heavy atom. The summed E-state index contributed by atoms with van der Waals surface area (Å²) in [6, 6.07) is 8.24. The molecule has 0 spiro atoms. The van der Waals surface area contributed by atoms with Crippen LogP contribution in [0.2, 0.25) is 0 Å². The smallest absolute Gasteiger partial charge is 0.222 e. The molecule has 3 rings (SSSR count). The van der Waals surface area contributed by atoms with Crippen LogP contribution in [0.15, 0.2) is 30.5 Å². The number of likely N-dealkylation sites (tertiary alicyclic amines) is 1. The highest BCUT2D eigenvalue weighted by Gasteiger charge is 2.23. The number of aromatic nitrogens is 1. The summed E-state index contributed by atoms with van der Waals surface area (Å²) in [7, 11) is 0. The molecule has 1 unspecified atom stereocenters. The molecule has 1 aliphatic rings. The molecule has 118 valence electrons. The summed E-state index contributed by atoms with van der Waals surface area (Å²) < 4.78 is 5.67. The summed E-state index contributed by atoms with van der Waals surface area (Å²) in [5, 5.41) is 1.22. The number of para-hydroxylation sites is 1. The maximum Gasteiger partial charge on any atom is 0.222 e. The number of hydrogen-bond donors (Lipinski definition) is 1. The van der Waals surface area contributed by atoms with Crippen LogP contribution in [0.5, 0.6) is 0 Å². The third kappa shape index (κ3) is 3.33. The number of hydrogen-bond acceptors (Lipinski definition) is 2. The molecule has 0 aliphatic carbocycles. The van der Waals surface area contributed by atoms with Gasteiger partial charge in [0.2, 0.25) is 5.91 Å². The number of H-pyrrole nitrogens is 1. The molecule has 2 aromatic rings. The van der Waals surface area contributed by atoms with Gasteiger partial charge >= 0.3 is 0 Å². The molecule has 0 bridgehead atoms. The van der Waals surface area contributed by atoms with Crippen molar-refractivity contribution in [2.45, 2.75) is 38.7 Å². The van der Waals surface area contributed by atoms with Crippen LogP contribution in [0.25, 0.3) is 10.9 Å². The van der Waals surface area contributed by atoms with Gasteiger partial charge in [0.25, 0.3) is 0 Å². The van der Waals surface area contributed by atoms with Gasteiger partial charge in [-0.25, -0.2) is 0 Å². The molecule has 1 N–H and O–H groups in total. The Labute approximate surface area is 131 Å². The van der Waals surface area contributed by atoms with Crippen LogP contribution in [0.4, 0.5) is 0 Å². The van der Waals surface area contributed by atoms with Crippen LogP contribution in [0.1, 0.15) is 31.7 Å². The van der Waals surface area contributed by atoms with Gasteiger partial charge in [-0.05, 0) is 37.8 Å². The first-order valence-corrected chi connectivity index (χ1v) is 8.22. The Balaban J connectivity index is 1.58. The maximum atomic E-state index is 12.4. The van der Waals surface area contributed by atoms with E-state index in [1.165, 1.54) is 10.9 Å². The summed E-state index contributed by atoms with van der Waals surface area (Å²) in [5.41, 5.74) is 2.36. The molecule has 1 aliphatic heterocycles. The summed E-state index contributed by atoms with van der Waals surface area (Å²) >= 11 is 0. The molecule has 0 radical (unpaired) electrons. The van der Waals surface area contributed by atoms with Crippen LogP contribution >= 0.6 is 0 Å². The number of benzene rings is 1. The number of carbonyl (C=O) groups excluding carboxylic acids is 1. The quantitative estimate of drug-likeness (QED) is 0.922. The number of aryl methyl sites for hydroxylation is 1. The number of amides is 1. The summed E-state index contributed by atoms with van der Waals surface area (Å²) in [6.45, 7) is 4.36. The van der Waals surface area contributed by atoms with Crippen molar-refractivity contribution in [3.63, 3.8) is 0 Å². The first-order chi connectivity index (χ1) is 10.8. The number of ether oxygens (including phenoxy) is 1. The van der Waals surface area contributed by atoms with Crippen molar-refractivity contribution in [1.82, 2.24) is 9.88 Å². The molecule has 1 fully saturated rings. The zero-order chi connectivity index (χ0) is 15.4. The number of rotatable bonds is 5. The molecule has 22 heavy (non-hydrogen) atoms. The van der Waals surface area contributed by atoms with E-state index in [9.17, 15) is 4.79 Å². The molecule has 1 aromatic carbocycles. The second kappa shape index (κ2) is 6.97. The van der Waals surface area contributed by atoms with Gasteiger partial charge in [-0.3, -0.25) is 4.79 Å². The van der Waals surface area contributed by atoms with Gasteiger partial charge in [0.1, 0.15) is 0 Å². The highest BCUT2D eigenvalue weighted by atomic mass is 16.5. The molecule has 0 saturated carbocycles. The molecule has 1 atom stereocenters. The predicted octanol–water partition coefficient (Wildman–Crippen LogP) is 3.13. The van der Waals surface area contributed by atoms with Crippen LogP contribution in [-0.2, 0) is 16.0 Å². The van der Waals surface area contributed by atoms with Crippen LogP contribution < -0.4 is 0 Å². The van der Waals surface area contributed by atoms with E-state index >= 15 is 0 Å². The summed E-state index contributed by atoms with van der Waals surface area (Å²) in [6.07, 6.45) is 5.72. The Morgan fingerprint density at radius 3 is 3.14 bits per heavy atom. The first-order valence-electron chi connectivity index (χ1n) is 8.22. The van der Waals surface area contributed by atoms with Gasteiger partial charge in [-0.2, -0.15) is 0 Å². The number of aromatic amines is 1. The van der Waals surface area contributed by atoms with Crippen molar-refractivity contribution in [1.29, 1.82) is 0 Å². The number of piperidine rings is 1. The van der Waals surface area contributed by atoms with E-state index < -0.39 is 0 Å². The molecule has 1 saturated heterocycles. The first kappa shape index (κ1) is 15.1. The van der Waals surface area contributed by atoms with Crippen LogP contribution in [-0.4, -0.2) is 41.6 Å². The number of fused-ring (bicyclic) bond motifs is 1. The Morgan fingerprint density at radius 2 is 2.27 bits per heavy atom. The second-order valence-corrected chi connectivity index (χ2v) is 5.92. The van der Waals surface area contributed by atoms with Gasteiger partial charge in [0, 0.05) is 43.2 Å². The zero-order valence-electron chi connectivity index (χ0n) is 13.2. The minimum atomic E-state index is 0.218. The van der Waals surface area contributed by atoms with Gasteiger partial charge < -0.3 is 14.6 Å². The van der Waals surface area contributed by atoms with E-state index in [-0.39, 0.29) is 12.0 Å². The highest BCUT2D eigenvalue weighted by molar-refractivity contribution is 5.84. The monoisotopic (exact) mass is 300 g/mol. The van der Waals surface area contributed by atoms with Crippen molar-refractivity contribution in [3.05, 3.63) is 36.0 Å². The van der Waals surface area contributed by atoms with Crippen molar-refractivity contribution in [2.75, 3.05) is 19.7 Å². The van der Waals surface area contributed by atoms with E-state index in [0.29, 0.717) is 6.42 Å². The number of nitrogens with one attached hydrogen (secondary N) is 1. The van der Waals surface area contributed by atoms with Gasteiger partial charge in [-0.15, -0.1) is 0 Å². The standard InChI is InChI=1S/C18H24N2O2/c1-2-22-15-6-5-11-20(13-15)18(21)10-9-14-12-19-17-8-4-3-7-16(14)17/h3-4,7-8,12,15,19H,2,5-6,9-11,13H2,1H3. The van der Waals surface area contributed by atoms with Crippen LogP contribution in [0, 0.1) is 0 Å². The van der Waals surface area contributed by atoms with E-state index in [4.69, 9.17) is 4.74 Å². The van der Waals surface area contributed by atoms with E-state index in [1.807, 2.05) is 30.2 Å². The molecule has 4 nitrogen and oxygen atoms in total. The highest BCUT2D eigenvalue weighted by Crippen LogP contribution is 2.20. The Bertz CT molecular complexity index is 633. The average molecular weight is 300 g/mol. The Kier molecular flexibility index (Phi) is 4.78. The van der Waals surface area contributed by atoms with Gasteiger partial charge in [-0.1, -0.05) is 18.2 Å². The fourth-order valence-corrected chi connectivity index (χ4v) is 3.27. The van der Waals surface area contributed by atoms with E-state index in [0.717, 1.165) is 44.5 Å². The SMILES string of the molecule is CCOC1CCCN(C(=O)CCc2c[nH]c3ccccc23)C1. The van der Waals surface area contributed by atoms with Crippen molar-refractivity contribution >= 4 is 16.8 Å². The zero-order valence-corrected chi connectivity index (χ0v) is 13.2. The largest absolute Gasteiger partial charge is 0.377 e. The lowest BCUT2D eigenvalue weighted by molar-refractivity contribution is -0.135. The summed E-state index contributed by atoms with van der Waals surface area (Å²) in [4.78, 5) is 17.7. The van der Waals surface area contributed by atoms with Crippen molar-refractivity contribution in [2.24, 2.45) is 0 Å². The average Bonchev–Trinajstić information content (AvgIpc) is 2.96. The molecule has 4 heteroatoms. The van der Waals surface area contributed by atoms with E-state index in [1.54, 1.807) is 0 Å². The number of carbonyl (C=O) groups is 1. The molecular weight excluding hydrogens is 276 g/mol.